The molecule has 4 aromatic rings. The number of benzene rings is 3. The zero-order valence-electron chi connectivity index (χ0n) is 17.6. The van der Waals surface area contributed by atoms with Gasteiger partial charge in [-0.25, -0.2) is 4.98 Å². The molecule has 0 saturated heterocycles. The highest BCUT2D eigenvalue weighted by Gasteiger charge is 2.13. The van der Waals surface area contributed by atoms with Gasteiger partial charge in [-0.05, 0) is 61.4 Å². The van der Waals surface area contributed by atoms with Gasteiger partial charge in [0.2, 0.25) is 0 Å². The lowest BCUT2D eigenvalue weighted by Gasteiger charge is -2.13. The molecule has 0 aliphatic heterocycles. The van der Waals surface area contributed by atoms with Gasteiger partial charge in [0.1, 0.15) is 18.2 Å². The van der Waals surface area contributed by atoms with Crippen molar-refractivity contribution in [3.63, 3.8) is 0 Å². The van der Waals surface area contributed by atoms with Gasteiger partial charge in [-0.3, -0.25) is 4.79 Å². The fraction of sp³-hybridized carbons (Fsp3) is 0.200. The third-order valence-electron chi connectivity index (χ3n) is 5.14. The number of fused-ring (bicyclic) bond motifs is 1. The molecule has 0 aliphatic rings. The minimum absolute atomic E-state index is 0.187. The molecule has 3 aromatic carbocycles. The monoisotopic (exact) mass is 433 g/mol. The van der Waals surface area contributed by atoms with Crippen LogP contribution in [0.2, 0.25) is 5.02 Å². The molecule has 0 aliphatic carbocycles. The highest BCUT2D eigenvalue weighted by molar-refractivity contribution is 6.30. The molecular formula is C25H24ClN3O2. The van der Waals surface area contributed by atoms with Crippen molar-refractivity contribution in [1.82, 2.24) is 14.9 Å². The number of nitrogens with zero attached hydrogens (tertiary/aromatic N) is 2. The molecule has 6 heteroatoms. The van der Waals surface area contributed by atoms with Crippen LogP contribution in [0.4, 0.5) is 0 Å². The Morgan fingerprint density at radius 2 is 1.90 bits per heavy atom. The lowest BCUT2D eigenvalue weighted by atomic mass is 10.1. The topological polar surface area (TPSA) is 56.1 Å². The van der Waals surface area contributed by atoms with E-state index < -0.39 is 0 Å². The van der Waals surface area contributed by atoms with E-state index in [0.717, 1.165) is 33.7 Å². The van der Waals surface area contributed by atoms with Crippen molar-refractivity contribution in [3.05, 3.63) is 94.3 Å². The number of hydrogen-bond donors (Lipinski definition) is 1. The third-order valence-corrected chi connectivity index (χ3v) is 5.38. The van der Waals surface area contributed by atoms with Crippen molar-refractivity contribution in [2.45, 2.75) is 26.9 Å². The number of rotatable bonds is 7. The molecule has 0 fully saturated rings. The summed E-state index contributed by atoms with van der Waals surface area (Å²) in [5.74, 6) is 1.48. The number of hydrogen-bond acceptors (Lipinski definition) is 3. The minimum Gasteiger partial charge on any atom is -0.491 e. The second-order valence-electron chi connectivity index (χ2n) is 7.48. The van der Waals surface area contributed by atoms with Crippen molar-refractivity contribution in [2.75, 3.05) is 6.61 Å². The zero-order valence-corrected chi connectivity index (χ0v) is 18.3. The summed E-state index contributed by atoms with van der Waals surface area (Å²) in [6.07, 6.45) is 0. The second kappa shape index (κ2) is 9.23. The van der Waals surface area contributed by atoms with Crippen LogP contribution in [0.3, 0.4) is 0 Å². The predicted octanol–water partition coefficient (Wildman–Crippen LogP) is 5.32. The normalized spacial score (nSPS) is 10.9. The van der Waals surface area contributed by atoms with Crippen LogP contribution in [-0.4, -0.2) is 22.1 Å². The average Bonchev–Trinajstić information content (AvgIpc) is 3.12. The zero-order chi connectivity index (χ0) is 21.8. The number of para-hydroxylation sites is 2. The molecule has 1 aromatic heterocycles. The summed E-state index contributed by atoms with van der Waals surface area (Å²) in [6, 6.07) is 21.0. The number of aryl methyl sites for hydroxylation is 2. The SMILES string of the molecule is Cc1ccc(C)c(OCCn2c(CNC(=O)c3cccc(Cl)c3)nc3ccccc32)c1. The fourth-order valence-electron chi connectivity index (χ4n) is 3.51. The Morgan fingerprint density at radius 1 is 1.06 bits per heavy atom. The Kier molecular flexibility index (Phi) is 6.23. The van der Waals surface area contributed by atoms with Crippen molar-refractivity contribution < 1.29 is 9.53 Å². The Morgan fingerprint density at radius 3 is 2.74 bits per heavy atom. The van der Waals surface area contributed by atoms with E-state index >= 15 is 0 Å². The van der Waals surface area contributed by atoms with Crippen molar-refractivity contribution in [3.8, 4) is 5.75 Å². The quantitative estimate of drug-likeness (QED) is 0.429. The third kappa shape index (κ3) is 4.89. The largest absolute Gasteiger partial charge is 0.491 e. The lowest BCUT2D eigenvalue weighted by molar-refractivity contribution is 0.0949. The molecular weight excluding hydrogens is 410 g/mol. The average molecular weight is 434 g/mol. The Bertz CT molecular complexity index is 1230. The van der Waals surface area contributed by atoms with Gasteiger partial charge in [0, 0.05) is 10.6 Å². The summed E-state index contributed by atoms with van der Waals surface area (Å²) >= 11 is 6.00. The van der Waals surface area contributed by atoms with Gasteiger partial charge in [0.25, 0.3) is 5.91 Å². The van der Waals surface area contributed by atoms with Crippen molar-refractivity contribution in [1.29, 1.82) is 0 Å². The van der Waals surface area contributed by atoms with Crippen LogP contribution in [-0.2, 0) is 13.1 Å². The number of aromatic nitrogens is 2. The van der Waals surface area contributed by atoms with Crippen LogP contribution < -0.4 is 10.1 Å². The number of halogens is 1. The van der Waals surface area contributed by atoms with Crippen LogP contribution in [0, 0.1) is 13.8 Å². The standard InChI is InChI=1S/C25H24ClN3O2/c1-17-10-11-18(2)23(14-17)31-13-12-29-22-9-4-3-8-21(22)28-24(29)16-27-25(30)19-6-5-7-20(26)15-19/h3-11,14-15H,12-13,16H2,1-2H3,(H,27,30). The van der Waals surface area contributed by atoms with Gasteiger partial charge in [-0.15, -0.1) is 0 Å². The molecule has 5 nitrogen and oxygen atoms in total. The molecule has 158 valence electrons. The summed E-state index contributed by atoms with van der Waals surface area (Å²) < 4.78 is 8.15. The van der Waals surface area contributed by atoms with Crippen LogP contribution in [0.1, 0.15) is 27.3 Å². The van der Waals surface area contributed by atoms with Gasteiger partial charge >= 0.3 is 0 Å². The molecule has 0 spiro atoms. The van der Waals surface area contributed by atoms with E-state index in [1.807, 2.05) is 37.3 Å². The van der Waals surface area contributed by atoms with Crippen LogP contribution >= 0.6 is 11.6 Å². The fourth-order valence-corrected chi connectivity index (χ4v) is 3.70. The maximum Gasteiger partial charge on any atom is 0.251 e. The minimum atomic E-state index is -0.187. The van der Waals surface area contributed by atoms with Crippen molar-refractivity contribution >= 4 is 28.5 Å². The number of ether oxygens (including phenoxy) is 1. The van der Waals surface area contributed by atoms with E-state index in [2.05, 4.69) is 28.9 Å². The van der Waals surface area contributed by atoms with E-state index in [-0.39, 0.29) is 5.91 Å². The van der Waals surface area contributed by atoms with E-state index in [4.69, 9.17) is 21.3 Å². The molecule has 0 bridgehead atoms. The molecule has 1 amide bonds. The first kappa shape index (κ1) is 20.9. The first-order chi connectivity index (χ1) is 15.0. The summed E-state index contributed by atoms with van der Waals surface area (Å²) in [4.78, 5) is 17.3. The highest BCUT2D eigenvalue weighted by atomic mass is 35.5. The molecule has 0 atom stereocenters. The highest BCUT2D eigenvalue weighted by Crippen LogP contribution is 2.20. The van der Waals surface area contributed by atoms with Crippen LogP contribution in [0.15, 0.2) is 66.7 Å². The van der Waals surface area contributed by atoms with Gasteiger partial charge in [0.15, 0.2) is 0 Å². The molecule has 0 unspecified atom stereocenters. The maximum absolute atomic E-state index is 12.5. The first-order valence-electron chi connectivity index (χ1n) is 10.2. The summed E-state index contributed by atoms with van der Waals surface area (Å²) in [7, 11) is 0. The van der Waals surface area contributed by atoms with E-state index in [1.54, 1.807) is 24.3 Å². The first-order valence-corrected chi connectivity index (χ1v) is 10.6. The molecule has 1 heterocycles. The van der Waals surface area contributed by atoms with E-state index in [1.165, 1.54) is 0 Å². The summed E-state index contributed by atoms with van der Waals surface area (Å²) in [5, 5.41) is 3.48. The Balaban J connectivity index is 1.50. The van der Waals surface area contributed by atoms with Crippen LogP contribution in [0.5, 0.6) is 5.75 Å². The molecule has 0 saturated carbocycles. The van der Waals surface area contributed by atoms with E-state index in [0.29, 0.717) is 30.3 Å². The molecule has 1 N–H and O–H groups in total. The Hall–Kier alpha value is -3.31. The molecule has 31 heavy (non-hydrogen) atoms. The van der Waals surface area contributed by atoms with Gasteiger partial charge in [-0.1, -0.05) is 41.9 Å². The van der Waals surface area contributed by atoms with Crippen molar-refractivity contribution in [2.24, 2.45) is 0 Å². The van der Waals surface area contributed by atoms with E-state index in [9.17, 15) is 4.79 Å². The molecule has 0 radical (unpaired) electrons. The lowest BCUT2D eigenvalue weighted by Crippen LogP contribution is -2.25. The molecule has 4 rings (SSSR count). The predicted molar refractivity (Wildman–Crippen MR) is 124 cm³/mol. The number of amides is 1. The van der Waals surface area contributed by atoms with Gasteiger partial charge in [-0.2, -0.15) is 0 Å². The number of nitrogens with one attached hydrogen (secondary N) is 1. The summed E-state index contributed by atoms with van der Waals surface area (Å²) in [6.45, 7) is 5.52. The summed E-state index contributed by atoms with van der Waals surface area (Å²) in [5.41, 5.74) is 4.70. The second-order valence-corrected chi connectivity index (χ2v) is 7.92. The van der Waals surface area contributed by atoms with Crippen LogP contribution in [0.25, 0.3) is 11.0 Å². The number of carbonyl (C=O) groups is 1. The number of carbonyl (C=O) groups excluding carboxylic acids is 1. The number of imidazole rings is 1. The maximum atomic E-state index is 12.5. The Labute approximate surface area is 186 Å². The smallest absolute Gasteiger partial charge is 0.251 e. The van der Waals surface area contributed by atoms with Gasteiger partial charge < -0.3 is 14.6 Å². The van der Waals surface area contributed by atoms with Gasteiger partial charge in [0.05, 0.1) is 24.1 Å².